The minimum atomic E-state index is -0.884. The van der Waals surface area contributed by atoms with Crippen molar-refractivity contribution < 1.29 is 27.8 Å². The normalized spacial score (nSPS) is 10.5. The molecule has 6 heteroatoms. The summed E-state index contributed by atoms with van der Waals surface area (Å²) in [6.45, 7) is -0.501. The van der Waals surface area contributed by atoms with E-state index in [0.29, 0.717) is 17.6 Å². The van der Waals surface area contributed by atoms with Crippen molar-refractivity contribution in [1.29, 1.82) is 0 Å². The number of carbonyl (C=O) groups is 1. The molecule has 0 saturated heterocycles. The van der Waals surface area contributed by atoms with Crippen LogP contribution in [-0.2, 0) is 4.79 Å². The summed E-state index contributed by atoms with van der Waals surface area (Å²) in [5, 5.41) is 1.81. The van der Waals surface area contributed by atoms with Crippen molar-refractivity contribution in [2.75, 3.05) is 13.7 Å². The van der Waals surface area contributed by atoms with Gasteiger partial charge in [0.05, 0.1) is 7.11 Å². The van der Waals surface area contributed by atoms with Gasteiger partial charge in [-0.05, 0) is 47.2 Å². The van der Waals surface area contributed by atoms with E-state index < -0.39 is 24.2 Å². The third-order valence-corrected chi connectivity index (χ3v) is 3.49. The van der Waals surface area contributed by atoms with E-state index in [9.17, 15) is 13.6 Å². The van der Waals surface area contributed by atoms with Crippen LogP contribution in [0.2, 0.25) is 0 Å². The fourth-order valence-corrected chi connectivity index (χ4v) is 2.28. The third kappa shape index (κ3) is 4.03. The Bertz CT molecular complexity index is 924. The monoisotopic (exact) mass is 344 g/mol. The Balaban J connectivity index is 1.67. The van der Waals surface area contributed by atoms with Crippen LogP contribution < -0.4 is 14.2 Å². The van der Waals surface area contributed by atoms with Crippen LogP contribution in [0.1, 0.15) is 0 Å². The summed E-state index contributed by atoms with van der Waals surface area (Å²) in [5.74, 6) is -1.52. The molecule has 4 nitrogen and oxygen atoms in total. The van der Waals surface area contributed by atoms with E-state index in [1.54, 1.807) is 25.3 Å². The number of rotatable bonds is 5. The van der Waals surface area contributed by atoms with Crippen LogP contribution in [0.4, 0.5) is 8.78 Å². The fourth-order valence-electron chi connectivity index (χ4n) is 2.28. The predicted octanol–water partition coefficient (Wildman–Crippen LogP) is 4.11. The number of methoxy groups -OCH3 is 1. The lowest BCUT2D eigenvalue weighted by Gasteiger charge is -2.09. The predicted molar refractivity (Wildman–Crippen MR) is 88.0 cm³/mol. The van der Waals surface area contributed by atoms with Crippen LogP contribution in [0.15, 0.2) is 54.6 Å². The SMILES string of the molecule is COc1ccc2ccc(OC(=O)COc3ccc(F)cc3F)cc2c1. The Morgan fingerprint density at radius 1 is 0.920 bits per heavy atom. The van der Waals surface area contributed by atoms with E-state index >= 15 is 0 Å². The number of fused-ring (bicyclic) bond motifs is 1. The quantitative estimate of drug-likeness (QED) is 0.516. The first-order valence-electron chi connectivity index (χ1n) is 7.41. The van der Waals surface area contributed by atoms with Crippen LogP contribution in [0, 0.1) is 11.6 Å². The Kier molecular flexibility index (Phi) is 4.79. The van der Waals surface area contributed by atoms with Crippen molar-refractivity contribution in [2.24, 2.45) is 0 Å². The molecular formula is C19H14F2O4. The average molecular weight is 344 g/mol. The maximum atomic E-state index is 13.4. The van der Waals surface area contributed by atoms with Gasteiger partial charge in [0.1, 0.15) is 17.3 Å². The smallest absolute Gasteiger partial charge is 0.349 e. The molecule has 0 bridgehead atoms. The van der Waals surface area contributed by atoms with E-state index in [4.69, 9.17) is 14.2 Å². The molecule has 0 aliphatic rings. The molecule has 0 N–H and O–H groups in total. The first-order chi connectivity index (χ1) is 12.0. The minimum absolute atomic E-state index is 0.221. The largest absolute Gasteiger partial charge is 0.497 e. The van der Waals surface area contributed by atoms with Gasteiger partial charge in [-0.1, -0.05) is 12.1 Å². The summed E-state index contributed by atoms with van der Waals surface area (Å²) in [6, 6.07) is 13.5. The van der Waals surface area contributed by atoms with Gasteiger partial charge in [0, 0.05) is 6.07 Å². The van der Waals surface area contributed by atoms with Crippen LogP contribution in [0.25, 0.3) is 10.8 Å². The van der Waals surface area contributed by atoms with Crippen molar-refractivity contribution >= 4 is 16.7 Å². The third-order valence-electron chi connectivity index (χ3n) is 3.49. The molecule has 0 amide bonds. The average Bonchev–Trinajstić information content (AvgIpc) is 2.60. The molecule has 0 spiro atoms. The molecule has 3 rings (SSSR count). The van der Waals surface area contributed by atoms with Gasteiger partial charge in [-0.25, -0.2) is 13.6 Å². The zero-order valence-corrected chi connectivity index (χ0v) is 13.3. The van der Waals surface area contributed by atoms with Gasteiger partial charge in [-0.15, -0.1) is 0 Å². The molecule has 0 fully saturated rings. The Morgan fingerprint density at radius 3 is 2.36 bits per heavy atom. The molecule has 3 aromatic carbocycles. The van der Waals surface area contributed by atoms with Gasteiger partial charge in [0.15, 0.2) is 18.2 Å². The summed E-state index contributed by atoms with van der Waals surface area (Å²) in [7, 11) is 1.57. The number of hydrogen-bond acceptors (Lipinski definition) is 4. The van der Waals surface area contributed by atoms with Crippen molar-refractivity contribution in [3.63, 3.8) is 0 Å². The maximum absolute atomic E-state index is 13.4. The second-order valence-electron chi connectivity index (χ2n) is 5.21. The molecule has 25 heavy (non-hydrogen) atoms. The summed E-state index contributed by atoms with van der Waals surface area (Å²) in [5.41, 5.74) is 0. The topological polar surface area (TPSA) is 44.8 Å². The number of hydrogen-bond donors (Lipinski definition) is 0. The van der Waals surface area contributed by atoms with Crippen molar-refractivity contribution in [3.8, 4) is 17.2 Å². The van der Waals surface area contributed by atoms with E-state index in [-0.39, 0.29) is 5.75 Å². The number of halogens is 2. The Labute approximate surface area is 142 Å². The van der Waals surface area contributed by atoms with Gasteiger partial charge in [-0.2, -0.15) is 0 Å². The maximum Gasteiger partial charge on any atom is 0.349 e. The highest BCUT2D eigenvalue weighted by Crippen LogP contribution is 2.25. The van der Waals surface area contributed by atoms with Crippen molar-refractivity contribution in [1.82, 2.24) is 0 Å². The summed E-state index contributed by atoms with van der Waals surface area (Å²) in [4.78, 5) is 11.9. The molecule has 0 aliphatic heterocycles. The van der Waals surface area contributed by atoms with Gasteiger partial charge in [0.25, 0.3) is 0 Å². The van der Waals surface area contributed by atoms with Gasteiger partial charge < -0.3 is 14.2 Å². The first-order valence-corrected chi connectivity index (χ1v) is 7.41. The summed E-state index contributed by atoms with van der Waals surface area (Å²) < 4.78 is 41.6. The molecule has 3 aromatic rings. The summed E-state index contributed by atoms with van der Waals surface area (Å²) >= 11 is 0. The Morgan fingerprint density at radius 2 is 1.64 bits per heavy atom. The molecule has 0 aromatic heterocycles. The van der Waals surface area contributed by atoms with Crippen LogP contribution >= 0.6 is 0 Å². The van der Waals surface area contributed by atoms with E-state index in [1.807, 2.05) is 18.2 Å². The highest BCUT2D eigenvalue weighted by Gasteiger charge is 2.10. The van der Waals surface area contributed by atoms with Crippen molar-refractivity contribution in [2.45, 2.75) is 0 Å². The molecule has 0 heterocycles. The molecular weight excluding hydrogens is 330 g/mol. The molecule has 128 valence electrons. The van der Waals surface area contributed by atoms with E-state index in [2.05, 4.69) is 0 Å². The van der Waals surface area contributed by atoms with Crippen LogP contribution in [0.5, 0.6) is 17.2 Å². The van der Waals surface area contributed by atoms with Crippen LogP contribution in [-0.4, -0.2) is 19.7 Å². The standard InChI is InChI=1S/C19H14F2O4/c1-23-15-5-2-12-3-6-16(9-13(12)8-15)25-19(22)11-24-18-7-4-14(20)10-17(18)21/h2-10H,11H2,1H3. The number of carbonyl (C=O) groups excluding carboxylic acids is 1. The molecule has 0 unspecified atom stereocenters. The van der Waals surface area contributed by atoms with E-state index in [0.717, 1.165) is 22.9 Å². The number of esters is 1. The highest BCUT2D eigenvalue weighted by molar-refractivity contribution is 5.86. The molecule has 0 aliphatic carbocycles. The Hall–Kier alpha value is -3.15. The fraction of sp³-hybridized carbons (Fsp3) is 0.105. The summed E-state index contributed by atoms with van der Waals surface area (Å²) in [6.07, 6.45) is 0. The number of benzene rings is 3. The zero-order chi connectivity index (χ0) is 17.8. The van der Waals surface area contributed by atoms with Crippen LogP contribution in [0.3, 0.4) is 0 Å². The second-order valence-corrected chi connectivity index (χ2v) is 5.21. The number of ether oxygens (including phenoxy) is 3. The second kappa shape index (κ2) is 7.17. The van der Waals surface area contributed by atoms with E-state index in [1.165, 1.54) is 0 Å². The highest BCUT2D eigenvalue weighted by atomic mass is 19.1. The van der Waals surface area contributed by atoms with Gasteiger partial charge >= 0.3 is 5.97 Å². The first kappa shape index (κ1) is 16.7. The lowest BCUT2D eigenvalue weighted by Crippen LogP contribution is -2.18. The molecule has 0 radical (unpaired) electrons. The lowest BCUT2D eigenvalue weighted by atomic mass is 10.1. The molecule has 0 atom stereocenters. The zero-order valence-electron chi connectivity index (χ0n) is 13.3. The lowest BCUT2D eigenvalue weighted by molar-refractivity contribution is -0.136. The minimum Gasteiger partial charge on any atom is -0.497 e. The molecule has 0 saturated carbocycles. The van der Waals surface area contributed by atoms with Gasteiger partial charge in [0.2, 0.25) is 0 Å². The van der Waals surface area contributed by atoms with Gasteiger partial charge in [-0.3, -0.25) is 0 Å². The van der Waals surface area contributed by atoms with Crippen molar-refractivity contribution in [3.05, 3.63) is 66.2 Å².